The Morgan fingerprint density at radius 2 is 0.788 bits per heavy atom. The summed E-state index contributed by atoms with van der Waals surface area (Å²) in [6.07, 6.45) is 0. The van der Waals surface area contributed by atoms with Gasteiger partial charge < -0.3 is 9.47 Å². The lowest BCUT2D eigenvalue weighted by molar-refractivity contribution is 1.18. The van der Waals surface area contributed by atoms with Crippen LogP contribution in [0.25, 0.3) is 104 Å². The van der Waals surface area contributed by atoms with Crippen LogP contribution in [0.5, 0.6) is 0 Å². The van der Waals surface area contributed by atoms with Crippen molar-refractivity contribution in [1.82, 2.24) is 4.57 Å². The molecule has 0 aliphatic rings. The van der Waals surface area contributed by atoms with E-state index in [9.17, 15) is 0 Å². The van der Waals surface area contributed by atoms with Crippen LogP contribution >= 0.6 is 0 Å². The van der Waals surface area contributed by atoms with Crippen molar-refractivity contribution in [3.63, 3.8) is 0 Å². The zero-order valence-corrected chi connectivity index (χ0v) is 36.1. The van der Waals surface area contributed by atoms with Crippen LogP contribution in [0.3, 0.4) is 0 Å². The van der Waals surface area contributed by atoms with E-state index in [0.717, 1.165) is 22.7 Å². The van der Waals surface area contributed by atoms with Gasteiger partial charge in [0.05, 0.1) is 16.7 Å². The van der Waals surface area contributed by atoms with Crippen LogP contribution in [0.4, 0.5) is 17.1 Å². The zero-order valence-electron chi connectivity index (χ0n) is 36.1. The Bertz CT molecular complexity index is 3970. The van der Waals surface area contributed by atoms with Gasteiger partial charge in [0.15, 0.2) is 0 Å². The molecule has 13 rings (SSSR count). The summed E-state index contributed by atoms with van der Waals surface area (Å²) >= 11 is 0. The molecule has 0 radical (unpaired) electrons. The quantitative estimate of drug-likeness (QED) is 0.115. The third-order valence-electron chi connectivity index (χ3n) is 13.5. The summed E-state index contributed by atoms with van der Waals surface area (Å²) < 4.78 is 2.39. The predicted octanol–water partition coefficient (Wildman–Crippen LogP) is 17.9. The molecule has 0 spiro atoms. The minimum absolute atomic E-state index is 1.09. The van der Waals surface area contributed by atoms with Crippen LogP contribution in [-0.2, 0) is 0 Å². The number of hydrogen-bond donors (Lipinski definition) is 0. The van der Waals surface area contributed by atoms with Crippen LogP contribution in [0.15, 0.2) is 255 Å². The molecule has 0 aliphatic carbocycles. The maximum atomic E-state index is 2.51. The van der Waals surface area contributed by atoms with E-state index < -0.39 is 0 Å². The highest BCUT2D eigenvalue weighted by molar-refractivity contribution is 6.24. The summed E-state index contributed by atoms with van der Waals surface area (Å²) in [5.74, 6) is 0. The van der Waals surface area contributed by atoms with Gasteiger partial charge in [-0.15, -0.1) is 0 Å². The first-order chi connectivity index (χ1) is 32.7. The third kappa shape index (κ3) is 6.18. The van der Waals surface area contributed by atoms with E-state index in [0.29, 0.717) is 0 Å². The summed E-state index contributed by atoms with van der Waals surface area (Å²) in [6.45, 7) is 0. The Morgan fingerprint density at radius 1 is 0.258 bits per heavy atom. The number of hydrogen-bond acceptors (Lipinski definition) is 1. The highest BCUT2D eigenvalue weighted by Gasteiger charge is 2.25. The van der Waals surface area contributed by atoms with Crippen molar-refractivity contribution < 1.29 is 0 Å². The average Bonchev–Trinajstić information content (AvgIpc) is 3.73. The predicted molar refractivity (Wildman–Crippen MR) is 282 cm³/mol. The molecule has 0 unspecified atom stereocenters. The van der Waals surface area contributed by atoms with Crippen molar-refractivity contribution in [2.75, 3.05) is 4.90 Å². The molecule has 0 bridgehead atoms. The van der Waals surface area contributed by atoms with Crippen LogP contribution in [0.1, 0.15) is 0 Å². The van der Waals surface area contributed by atoms with E-state index >= 15 is 0 Å². The summed E-state index contributed by atoms with van der Waals surface area (Å²) in [4.78, 5) is 2.51. The minimum Gasteiger partial charge on any atom is -0.309 e. The summed E-state index contributed by atoms with van der Waals surface area (Å²) in [5.41, 5.74) is 14.0. The summed E-state index contributed by atoms with van der Waals surface area (Å²) in [5, 5.41) is 12.2. The maximum Gasteiger partial charge on any atom is 0.0619 e. The fourth-order valence-corrected chi connectivity index (χ4v) is 10.5. The lowest BCUT2D eigenvalue weighted by Gasteiger charge is -2.30. The molecule has 0 atom stereocenters. The highest BCUT2D eigenvalue weighted by atomic mass is 15.1. The molecule has 0 saturated heterocycles. The van der Waals surface area contributed by atoms with Gasteiger partial charge in [-0.25, -0.2) is 0 Å². The van der Waals surface area contributed by atoms with Gasteiger partial charge in [-0.3, -0.25) is 0 Å². The van der Waals surface area contributed by atoms with Crippen LogP contribution in [-0.4, -0.2) is 4.57 Å². The summed E-state index contributed by atoms with van der Waals surface area (Å²) in [7, 11) is 0. The molecule has 0 aliphatic heterocycles. The Morgan fingerprint density at radius 3 is 1.52 bits per heavy atom. The first kappa shape index (κ1) is 37.8. The number of rotatable bonds is 7. The van der Waals surface area contributed by atoms with E-state index in [1.807, 2.05) is 0 Å². The van der Waals surface area contributed by atoms with E-state index in [-0.39, 0.29) is 0 Å². The first-order valence-electron chi connectivity index (χ1n) is 22.8. The van der Waals surface area contributed by atoms with Crippen LogP contribution in [0, 0.1) is 0 Å². The Balaban J connectivity index is 1.17. The number of aromatic nitrogens is 1. The molecule has 1 aromatic heterocycles. The van der Waals surface area contributed by atoms with Crippen molar-refractivity contribution in [2.45, 2.75) is 0 Å². The second-order valence-electron chi connectivity index (χ2n) is 17.3. The van der Waals surface area contributed by atoms with Gasteiger partial charge in [-0.05, 0) is 132 Å². The highest BCUT2D eigenvalue weighted by Crippen LogP contribution is 2.51. The molecule has 66 heavy (non-hydrogen) atoms. The number of anilines is 3. The number of nitrogens with zero attached hydrogens (tertiary/aromatic N) is 2. The maximum absolute atomic E-state index is 2.51. The van der Waals surface area contributed by atoms with Crippen molar-refractivity contribution in [3.8, 4) is 39.1 Å². The van der Waals surface area contributed by atoms with E-state index in [1.54, 1.807) is 0 Å². The molecule has 2 nitrogen and oxygen atoms in total. The van der Waals surface area contributed by atoms with Gasteiger partial charge in [0.2, 0.25) is 0 Å². The molecule has 0 saturated carbocycles. The Kier molecular flexibility index (Phi) is 8.89. The topological polar surface area (TPSA) is 8.17 Å². The molecule has 2 heteroatoms. The second-order valence-corrected chi connectivity index (χ2v) is 17.3. The lowest BCUT2D eigenvalue weighted by Crippen LogP contribution is -2.11. The standard InChI is InChI=1S/C64H42N2/c1-5-17-43(18-6-1)47-34-37-56-59(39-47)63(49-32-31-46-30-29-45-21-13-14-26-53(45)57(46)41-49)55-36-33-48(44-19-7-2-8-20-44)40-60(55)64(56)65(50-22-9-3-10-23-50)52-35-38-62-58(42-52)54-27-15-16-28-61(54)66(62)51-24-11-4-12-25-51/h1-42H. The molecule has 13 aromatic rings. The molecule has 12 aromatic carbocycles. The van der Waals surface area contributed by atoms with E-state index in [1.165, 1.54) is 98.3 Å². The van der Waals surface area contributed by atoms with Crippen molar-refractivity contribution >= 4 is 82.0 Å². The van der Waals surface area contributed by atoms with Gasteiger partial charge in [0.25, 0.3) is 0 Å². The largest absolute Gasteiger partial charge is 0.309 e. The zero-order chi connectivity index (χ0) is 43.6. The van der Waals surface area contributed by atoms with Gasteiger partial charge >= 0.3 is 0 Å². The third-order valence-corrected chi connectivity index (χ3v) is 13.5. The molecule has 0 fully saturated rings. The second kappa shape index (κ2) is 15.5. The molecule has 1 heterocycles. The fraction of sp³-hybridized carbons (Fsp3) is 0. The van der Waals surface area contributed by atoms with Gasteiger partial charge in [-0.1, -0.05) is 188 Å². The fourth-order valence-electron chi connectivity index (χ4n) is 10.5. The van der Waals surface area contributed by atoms with E-state index in [4.69, 9.17) is 0 Å². The van der Waals surface area contributed by atoms with Gasteiger partial charge in [-0.2, -0.15) is 0 Å². The van der Waals surface area contributed by atoms with Crippen molar-refractivity contribution in [1.29, 1.82) is 0 Å². The number of fused-ring (bicyclic) bond motifs is 8. The molecular formula is C64H42N2. The molecule has 0 N–H and O–H groups in total. The Labute approximate surface area is 383 Å². The summed E-state index contributed by atoms with van der Waals surface area (Å²) in [6, 6.07) is 93.6. The normalized spacial score (nSPS) is 11.6. The first-order valence-corrected chi connectivity index (χ1v) is 22.8. The van der Waals surface area contributed by atoms with E-state index in [2.05, 4.69) is 264 Å². The van der Waals surface area contributed by atoms with Crippen molar-refractivity contribution in [2.24, 2.45) is 0 Å². The monoisotopic (exact) mass is 838 g/mol. The minimum atomic E-state index is 1.09. The smallest absolute Gasteiger partial charge is 0.0619 e. The molecule has 308 valence electrons. The molecular weight excluding hydrogens is 797 g/mol. The van der Waals surface area contributed by atoms with Crippen LogP contribution < -0.4 is 4.90 Å². The molecule has 0 amide bonds. The van der Waals surface area contributed by atoms with Crippen LogP contribution in [0.2, 0.25) is 0 Å². The lowest BCUT2D eigenvalue weighted by atomic mass is 9.86. The van der Waals surface area contributed by atoms with Gasteiger partial charge in [0, 0.05) is 38.6 Å². The van der Waals surface area contributed by atoms with Crippen molar-refractivity contribution in [3.05, 3.63) is 255 Å². The SMILES string of the molecule is c1ccc(-c2ccc3c(N(c4ccccc4)c4ccc5c(c4)c4ccccc4n5-c4ccccc4)c4cc(-c5ccccc5)ccc4c(-c4ccc5ccc6ccccc6c5c4)c3c2)cc1. The number of benzene rings is 12. The Hall–Kier alpha value is -8.72. The average molecular weight is 839 g/mol. The van der Waals surface area contributed by atoms with Gasteiger partial charge in [0.1, 0.15) is 0 Å². The number of para-hydroxylation sites is 3.